The van der Waals surface area contributed by atoms with Gasteiger partial charge < -0.3 is 10.1 Å². The van der Waals surface area contributed by atoms with Gasteiger partial charge in [0.05, 0.1) is 5.69 Å². The lowest BCUT2D eigenvalue weighted by atomic mass is 10.0. The molecule has 0 radical (unpaired) electrons. The number of phenols is 1. The van der Waals surface area contributed by atoms with Gasteiger partial charge in [0.2, 0.25) is 0 Å². The maximum Gasteiger partial charge on any atom is 0.125 e. The van der Waals surface area contributed by atoms with Crippen LogP contribution in [0.1, 0.15) is 0 Å². The number of rotatable bonds is 1. The van der Waals surface area contributed by atoms with Gasteiger partial charge in [-0.05, 0) is 38.8 Å². The second-order valence-corrected chi connectivity index (χ2v) is 4.74. The summed E-state index contributed by atoms with van der Waals surface area (Å²) < 4.78 is 0.948. The summed E-state index contributed by atoms with van der Waals surface area (Å²) in [5.74, 6) is 0.284. The van der Waals surface area contributed by atoms with Gasteiger partial charge in [0.25, 0.3) is 0 Å². The first-order valence-corrected chi connectivity index (χ1v) is 6.10. The number of halogens is 1. The average Bonchev–Trinajstić information content (AvgIpc) is 2.75. The molecule has 0 amide bonds. The summed E-state index contributed by atoms with van der Waals surface area (Å²) in [6, 6.07) is 13.6. The number of H-pyrrole nitrogens is 1. The summed E-state index contributed by atoms with van der Waals surface area (Å²) >= 11 is 3.48. The predicted octanol–water partition coefficient (Wildman–Crippen LogP) is 4.30. The molecule has 0 spiro atoms. The largest absolute Gasteiger partial charge is 0.507 e. The number of benzene rings is 2. The molecule has 0 aliphatic rings. The van der Waals surface area contributed by atoms with Crippen LogP contribution in [0.25, 0.3) is 22.0 Å². The summed E-state index contributed by atoms with van der Waals surface area (Å²) in [6.07, 6.45) is 1.85. The van der Waals surface area contributed by atoms with Crippen molar-refractivity contribution >= 4 is 26.7 Å². The first kappa shape index (κ1) is 10.4. The minimum atomic E-state index is 0.284. The molecule has 0 aliphatic heterocycles. The van der Waals surface area contributed by atoms with Gasteiger partial charge in [0.1, 0.15) is 5.75 Å². The van der Waals surface area contributed by atoms with E-state index >= 15 is 0 Å². The fraction of sp³-hybridized carbons (Fsp3) is 0. The van der Waals surface area contributed by atoms with Crippen LogP contribution in [0.4, 0.5) is 0 Å². The van der Waals surface area contributed by atoms with Crippen molar-refractivity contribution in [1.82, 2.24) is 4.98 Å². The molecule has 2 aromatic carbocycles. The Morgan fingerprint density at radius 3 is 2.59 bits per heavy atom. The molecule has 1 heterocycles. The summed E-state index contributed by atoms with van der Waals surface area (Å²) in [4.78, 5) is 3.15. The zero-order valence-corrected chi connectivity index (χ0v) is 10.5. The van der Waals surface area contributed by atoms with Crippen LogP contribution < -0.4 is 0 Å². The summed E-state index contributed by atoms with van der Waals surface area (Å²) in [6.45, 7) is 0. The Hall–Kier alpha value is -1.74. The van der Waals surface area contributed by atoms with Gasteiger partial charge in [-0.25, -0.2) is 0 Å². The zero-order chi connectivity index (χ0) is 11.8. The monoisotopic (exact) mass is 287 g/mol. The van der Waals surface area contributed by atoms with E-state index in [0.717, 1.165) is 26.5 Å². The summed E-state index contributed by atoms with van der Waals surface area (Å²) in [7, 11) is 0. The second kappa shape index (κ2) is 3.93. The molecule has 0 atom stereocenters. The lowest BCUT2D eigenvalue weighted by Crippen LogP contribution is -1.83. The highest BCUT2D eigenvalue weighted by molar-refractivity contribution is 9.10. The van der Waals surface area contributed by atoms with E-state index in [9.17, 15) is 5.11 Å². The predicted molar refractivity (Wildman–Crippen MR) is 73.1 cm³/mol. The van der Waals surface area contributed by atoms with Gasteiger partial charge in [-0.15, -0.1) is 0 Å². The number of hydrogen-bond donors (Lipinski definition) is 2. The average molecular weight is 288 g/mol. The molecule has 3 rings (SSSR count). The topological polar surface area (TPSA) is 36.0 Å². The molecule has 84 valence electrons. The van der Waals surface area contributed by atoms with Gasteiger partial charge in [0, 0.05) is 16.2 Å². The SMILES string of the molecule is Oc1ccc2ccccc2c1-c1[nH]ccc1Br. The summed E-state index contributed by atoms with van der Waals surface area (Å²) in [5.41, 5.74) is 1.74. The number of aromatic hydroxyl groups is 1. The van der Waals surface area contributed by atoms with Crippen molar-refractivity contribution in [1.29, 1.82) is 0 Å². The number of phenolic OH excluding ortho intramolecular Hbond substituents is 1. The van der Waals surface area contributed by atoms with Crippen LogP contribution in [0.15, 0.2) is 53.1 Å². The Labute approximate surface area is 107 Å². The van der Waals surface area contributed by atoms with Crippen LogP contribution in [0.2, 0.25) is 0 Å². The summed E-state index contributed by atoms with van der Waals surface area (Å²) in [5, 5.41) is 12.2. The number of aromatic amines is 1. The van der Waals surface area contributed by atoms with Crippen molar-refractivity contribution in [2.24, 2.45) is 0 Å². The highest BCUT2D eigenvalue weighted by Crippen LogP contribution is 2.38. The number of fused-ring (bicyclic) bond motifs is 1. The van der Waals surface area contributed by atoms with Crippen molar-refractivity contribution in [2.75, 3.05) is 0 Å². The number of aromatic nitrogens is 1. The van der Waals surface area contributed by atoms with E-state index in [-0.39, 0.29) is 5.75 Å². The third-order valence-corrected chi connectivity index (χ3v) is 3.51. The Bertz CT molecular complexity index is 688. The number of nitrogens with one attached hydrogen (secondary N) is 1. The molecular weight excluding hydrogens is 278 g/mol. The highest BCUT2D eigenvalue weighted by atomic mass is 79.9. The lowest BCUT2D eigenvalue weighted by molar-refractivity contribution is 0.478. The Morgan fingerprint density at radius 2 is 1.82 bits per heavy atom. The van der Waals surface area contributed by atoms with Crippen molar-refractivity contribution in [3.05, 3.63) is 53.1 Å². The Balaban J connectivity index is 2.42. The van der Waals surface area contributed by atoms with E-state index in [1.807, 2.05) is 42.6 Å². The van der Waals surface area contributed by atoms with Gasteiger partial charge in [-0.2, -0.15) is 0 Å². The third-order valence-electron chi connectivity index (χ3n) is 2.85. The molecule has 0 aliphatic carbocycles. The van der Waals surface area contributed by atoms with Crippen LogP contribution in [0, 0.1) is 0 Å². The molecular formula is C14H10BrNO. The maximum atomic E-state index is 10.1. The zero-order valence-electron chi connectivity index (χ0n) is 8.94. The van der Waals surface area contributed by atoms with E-state index in [1.54, 1.807) is 6.07 Å². The maximum absolute atomic E-state index is 10.1. The van der Waals surface area contributed by atoms with Crippen LogP contribution in [-0.4, -0.2) is 10.1 Å². The van der Waals surface area contributed by atoms with Gasteiger partial charge in [0.15, 0.2) is 0 Å². The normalized spacial score (nSPS) is 10.9. The van der Waals surface area contributed by atoms with Gasteiger partial charge >= 0.3 is 0 Å². The van der Waals surface area contributed by atoms with Crippen molar-refractivity contribution < 1.29 is 5.11 Å². The molecule has 2 N–H and O–H groups in total. The van der Waals surface area contributed by atoms with Gasteiger partial charge in [-0.3, -0.25) is 0 Å². The molecule has 0 unspecified atom stereocenters. The quantitative estimate of drug-likeness (QED) is 0.688. The fourth-order valence-electron chi connectivity index (χ4n) is 2.06. The molecule has 0 fully saturated rings. The van der Waals surface area contributed by atoms with E-state index < -0.39 is 0 Å². The van der Waals surface area contributed by atoms with Crippen LogP contribution in [0.5, 0.6) is 5.75 Å². The molecule has 0 saturated heterocycles. The van der Waals surface area contributed by atoms with Crippen molar-refractivity contribution in [3.63, 3.8) is 0 Å². The lowest BCUT2D eigenvalue weighted by Gasteiger charge is -2.08. The van der Waals surface area contributed by atoms with E-state index in [2.05, 4.69) is 20.9 Å². The van der Waals surface area contributed by atoms with Gasteiger partial charge in [-0.1, -0.05) is 30.3 Å². The smallest absolute Gasteiger partial charge is 0.125 e. The molecule has 3 heteroatoms. The molecule has 17 heavy (non-hydrogen) atoms. The Morgan fingerprint density at radius 1 is 1.00 bits per heavy atom. The molecule has 1 aromatic heterocycles. The minimum Gasteiger partial charge on any atom is -0.507 e. The fourth-order valence-corrected chi connectivity index (χ4v) is 2.51. The second-order valence-electron chi connectivity index (χ2n) is 3.88. The third kappa shape index (κ3) is 1.63. The number of hydrogen-bond acceptors (Lipinski definition) is 1. The van der Waals surface area contributed by atoms with E-state index in [0.29, 0.717) is 0 Å². The van der Waals surface area contributed by atoms with Crippen LogP contribution in [0.3, 0.4) is 0 Å². The van der Waals surface area contributed by atoms with Crippen LogP contribution in [-0.2, 0) is 0 Å². The Kier molecular flexibility index (Phi) is 2.41. The first-order valence-electron chi connectivity index (χ1n) is 5.31. The minimum absolute atomic E-state index is 0.284. The molecule has 3 aromatic rings. The highest BCUT2D eigenvalue weighted by Gasteiger charge is 2.12. The first-order chi connectivity index (χ1) is 8.27. The van der Waals surface area contributed by atoms with Crippen molar-refractivity contribution in [2.45, 2.75) is 0 Å². The van der Waals surface area contributed by atoms with Crippen molar-refractivity contribution in [3.8, 4) is 17.0 Å². The standard InChI is InChI=1S/C14H10BrNO/c15-11-7-8-16-14(11)13-10-4-2-1-3-9(10)5-6-12(13)17/h1-8,16-17H. The molecule has 0 bridgehead atoms. The van der Waals surface area contributed by atoms with E-state index in [4.69, 9.17) is 0 Å². The molecule has 0 saturated carbocycles. The van der Waals surface area contributed by atoms with Crippen LogP contribution >= 0.6 is 15.9 Å². The molecule has 2 nitrogen and oxygen atoms in total. The van der Waals surface area contributed by atoms with E-state index in [1.165, 1.54) is 0 Å².